The number of amides is 1. The molecule has 1 amide bonds. The molecule has 0 aliphatic carbocycles. The van der Waals surface area contributed by atoms with Gasteiger partial charge in [0, 0.05) is 19.2 Å². The molecule has 0 aromatic heterocycles. The van der Waals surface area contributed by atoms with E-state index in [9.17, 15) is 9.18 Å². The van der Waals surface area contributed by atoms with E-state index in [4.69, 9.17) is 10.5 Å². The standard InChI is InChI=1S/C19H23FN2O2/c1-15(24-18-10-5-9-17(20)13-18)19(23)22(12-6-11-21)14-16-7-3-2-4-8-16/h2-5,7-10,13,15H,6,11-12,14,21H2,1H3. The first-order chi connectivity index (χ1) is 11.6. The van der Waals surface area contributed by atoms with E-state index in [-0.39, 0.29) is 5.91 Å². The summed E-state index contributed by atoms with van der Waals surface area (Å²) in [6, 6.07) is 15.5. The highest BCUT2D eigenvalue weighted by Gasteiger charge is 2.22. The lowest BCUT2D eigenvalue weighted by atomic mass is 10.2. The third-order valence-corrected chi connectivity index (χ3v) is 3.62. The molecule has 2 aromatic rings. The summed E-state index contributed by atoms with van der Waals surface area (Å²) >= 11 is 0. The highest BCUT2D eigenvalue weighted by molar-refractivity contribution is 5.80. The Morgan fingerprint density at radius 2 is 1.96 bits per heavy atom. The molecular weight excluding hydrogens is 307 g/mol. The lowest BCUT2D eigenvalue weighted by Gasteiger charge is -2.26. The van der Waals surface area contributed by atoms with E-state index >= 15 is 0 Å². The molecule has 0 saturated carbocycles. The average Bonchev–Trinajstić information content (AvgIpc) is 2.59. The Kier molecular flexibility index (Phi) is 6.75. The van der Waals surface area contributed by atoms with Crippen molar-refractivity contribution >= 4 is 5.91 Å². The smallest absolute Gasteiger partial charge is 0.263 e. The SMILES string of the molecule is CC(Oc1cccc(F)c1)C(=O)N(CCCN)Cc1ccccc1. The Morgan fingerprint density at radius 1 is 1.21 bits per heavy atom. The number of rotatable bonds is 8. The van der Waals surface area contributed by atoms with Gasteiger partial charge in [0.15, 0.2) is 6.10 Å². The first kappa shape index (κ1) is 17.9. The molecule has 0 fully saturated rings. The van der Waals surface area contributed by atoms with Crippen LogP contribution in [0.1, 0.15) is 18.9 Å². The third kappa shape index (κ3) is 5.35. The van der Waals surface area contributed by atoms with Crippen molar-refractivity contribution < 1.29 is 13.9 Å². The molecule has 128 valence electrons. The molecule has 2 rings (SSSR count). The maximum atomic E-state index is 13.2. The molecule has 0 aliphatic heterocycles. The van der Waals surface area contributed by atoms with Gasteiger partial charge in [-0.15, -0.1) is 0 Å². The van der Waals surface area contributed by atoms with Gasteiger partial charge in [-0.3, -0.25) is 4.79 Å². The van der Waals surface area contributed by atoms with E-state index in [1.165, 1.54) is 12.1 Å². The molecule has 4 nitrogen and oxygen atoms in total. The van der Waals surface area contributed by atoms with Gasteiger partial charge >= 0.3 is 0 Å². The molecular formula is C19H23FN2O2. The predicted molar refractivity (Wildman–Crippen MR) is 92.0 cm³/mol. The van der Waals surface area contributed by atoms with Gasteiger partial charge in [0.05, 0.1) is 0 Å². The van der Waals surface area contributed by atoms with E-state index in [0.717, 1.165) is 5.56 Å². The van der Waals surface area contributed by atoms with Gasteiger partial charge in [-0.1, -0.05) is 36.4 Å². The summed E-state index contributed by atoms with van der Waals surface area (Å²) in [5, 5.41) is 0. The van der Waals surface area contributed by atoms with Crippen molar-refractivity contribution in [2.24, 2.45) is 5.73 Å². The van der Waals surface area contributed by atoms with E-state index in [1.807, 2.05) is 30.3 Å². The van der Waals surface area contributed by atoms with Gasteiger partial charge in [-0.2, -0.15) is 0 Å². The molecule has 24 heavy (non-hydrogen) atoms. The second kappa shape index (κ2) is 9.03. The first-order valence-electron chi connectivity index (χ1n) is 8.05. The van der Waals surface area contributed by atoms with E-state index < -0.39 is 11.9 Å². The number of hydrogen-bond donors (Lipinski definition) is 1. The number of hydrogen-bond acceptors (Lipinski definition) is 3. The van der Waals surface area contributed by atoms with Crippen LogP contribution in [0.3, 0.4) is 0 Å². The van der Waals surface area contributed by atoms with E-state index in [1.54, 1.807) is 24.0 Å². The van der Waals surface area contributed by atoms with Crippen LogP contribution >= 0.6 is 0 Å². The van der Waals surface area contributed by atoms with Crippen molar-refractivity contribution in [3.8, 4) is 5.75 Å². The molecule has 0 radical (unpaired) electrons. The Labute approximate surface area is 142 Å². The maximum Gasteiger partial charge on any atom is 0.263 e. The number of carbonyl (C=O) groups excluding carboxylic acids is 1. The van der Waals surface area contributed by atoms with Crippen LogP contribution in [0.2, 0.25) is 0 Å². The normalized spacial score (nSPS) is 11.8. The Hall–Kier alpha value is -2.40. The summed E-state index contributed by atoms with van der Waals surface area (Å²) in [4.78, 5) is 14.4. The Bertz CT molecular complexity index is 649. The minimum Gasteiger partial charge on any atom is -0.481 e. The summed E-state index contributed by atoms with van der Waals surface area (Å²) in [5.74, 6) is -0.192. The molecule has 2 N–H and O–H groups in total. The monoisotopic (exact) mass is 330 g/mol. The van der Waals surface area contributed by atoms with Crippen molar-refractivity contribution in [3.63, 3.8) is 0 Å². The fourth-order valence-corrected chi connectivity index (χ4v) is 2.41. The summed E-state index contributed by atoms with van der Waals surface area (Å²) in [7, 11) is 0. The second-order valence-corrected chi connectivity index (χ2v) is 5.61. The average molecular weight is 330 g/mol. The highest BCUT2D eigenvalue weighted by atomic mass is 19.1. The van der Waals surface area contributed by atoms with Crippen LogP contribution in [0.4, 0.5) is 4.39 Å². The van der Waals surface area contributed by atoms with Crippen LogP contribution in [0, 0.1) is 5.82 Å². The van der Waals surface area contributed by atoms with E-state index in [0.29, 0.717) is 31.8 Å². The molecule has 1 atom stereocenters. The quantitative estimate of drug-likeness (QED) is 0.809. The van der Waals surface area contributed by atoms with Crippen LogP contribution in [0.5, 0.6) is 5.75 Å². The molecule has 2 aromatic carbocycles. The molecule has 0 aliphatic rings. The van der Waals surface area contributed by atoms with Crippen molar-refractivity contribution in [1.29, 1.82) is 0 Å². The Morgan fingerprint density at radius 3 is 2.62 bits per heavy atom. The highest BCUT2D eigenvalue weighted by Crippen LogP contribution is 2.15. The summed E-state index contributed by atoms with van der Waals surface area (Å²) in [5.41, 5.74) is 6.62. The van der Waals surface area contributed by atoms with Gasteiger partial charge in [0.1, 0.15) is 11.6 Å². The van der Waals surface area contributed by atoms with Crippen molar-refractivity contribution in [1.82, 2.24) is 4.90 Å². The van der Waals surface area contributed by atoms with Crippen molar-refractivity contribution in [3.05, 3.63) is 66.0 Å². The minimum atomic E-state index is -0.701. The molecule has 0 saturated heterocycles. The largest absolute Gasteiger partial charge is 0.481 e. The molecule has 0 heterocycles. The van der Waals surface area contributed by atoms with Crippen molar-refractivity contribution in [2.75, 3.05) is 13.1 Å². The number of benzene rings is 2. The number of carbonyl (C=O) groups is 1. The number of nitrogens with two attached hydrogens (primary N) is 1. The number of nitrogens with zero attached hydrogens (tertiary/aromatic N) is 1. The minimum absolute atomic E-state index is 0.142. The van der Waals surface area contributed by atoms with Crippen LogP contribution in [0.15, 0.2) is 54.6 Å². The summed E-state index contributed by atoms with van der Waals surface area (Å²) in [6.45, 7) is 3.24. The van der Waals surface area contributed by atoms with Gasteiger partial charge in [0.2, 0.25) is 0 Å². The van der Waals surface area contributed by atoms with Gasteiger partial charge in [-0.25, -0.2) is 4.39 Å². The fourth-order valence-electron chi connectivity index (χ4n) is 2.41. The van der Waals surface area contributed by atoms with Crippen LogP contribution in [-0.4, -0.2) is 30.0 Å². The van der Waals surface area contributed by atoms with Gasteiger partial charge in [0.25, 0.3) is 5.91 Å². The van der Waals surface area contributed by atoms with E-state index in [2.05, 4.69) is 0 Å². The Balaban J connectivity index is 2.05. The fraction of sp³-hybridized carbons (Fsp3) is 0.316. The van der Waals surface area contributed by atoms with Crippen molar-refractivity contribution in [2.45, 2.75) is 26.0 Å². The van der Waals surface area contributed by atoms with Crippen LogP contribution < -0.4 is 10.5 Å². The number of ether oxygens (including phenoxy) is 1. The zero-order chi connectivity index (χ0) is 17.4. The lowest BCUT2D eigenvalue weighted by molar-refractivity contribution is -0.138. The third-order valence-electron chi connectivity index (χ3n) is 3.62. The summed E-state index contributed by atoms with van der Waals surface area (Å²) in [6.07, 6.45) is 0.0129. The summed E-state index contributed by atoms with van der Waals surface area (Å²) < 4.78 is 18.8. The number of halogens is 1. The molecule has 1 unspecified atom stereocenters. The molecule has 5 heteroatoms. The predicted octanol–water partition coefficient (Wildman–Crippen LogP) is 2.97. The zero-order valence-electron chi connectivity index (χ0n) is 13.8. The topological polar surface area (TPSA) is 55.6 Å². The van der Waals surface area contributed by atoms with Gasteiger partial charge in [-0.05, 0) is 37.6 Å². The maximum absolute atomic E-state index is 13.2. The second-order valence-electron chi connectivity index (χ2n) is 5.61. The zero-order valence-corrected chi connectivity index (χ0v) is 13.8. The molecule has 0 bridgehead atoms. The van der Waals surface area contributed by atoms with Crippen LogP contribution in [0.25, 0.3) is 0 Å². The lowest BCUT2D eigenvalue weighted by Crippen LogP contribution is -2.41. The molecule has 0 spiro atoms. The van der Waals surface area contributed by atoms with Gasteiger partial charge < -0.3 is 15.4 Å². The first-order valence-corrected chi connectivity index (χ1v) is 8.05. The van der Waals surface area contributed by atoms with Crippen LogP contribution in [-0.2, 0) is 11.3 Å².